The van der Waals surface area contributed by atoms with E-state index in [9.17, 15) is 4.79 Å². The van der Waals surface area contributed by atoms with Gasteiger partial charge in [0, 0.05) is 12.2 Å². The van der Waals surface area contributed by atoms with Gasteiger partial charge in [0.15, 0.2) is 0 Å². The van der Waals surface area contributed by atoms with Crippen molar-refractivity contribution in [1.29, 1.82) is 0 Å². The van der Waals surface area contributed by atoms with Crippen molar-refractivity contribution in [1.82, 2.24) is 10.3 Å². The molecule has 2 rings (SSSR count). The predicted molar refractivity (Wildman–Crippen MR) is 94.8 cm³/mol. The number of anilines is 1. The fourth-order valence-corrected chi connectivity index (χ4v) is 3.21. The van der Waals surface area contributed by atoms with E-state index >= 15 is 0 Å². The zero-order valence-corrected chi connectivity index (χ0v) is 14.3. The zero-order chi connectivity index (χ0) is 15.8. The molecule has 0 atom stereocenters. The SMILES string of the molecule is CCCCCCCCNC(=O)Nc1ccc2sc(C)nc2c1. The molecular weight excluding hydrogens is 294 g/mol. The summed E-state index contributed by atoms with van der Waals surface area (Å²) >= 11 is 1.67. The number of thiazole rings is 1. The number of nitrogens with one attached hydrogen (secondary N) is 2. The Morgan fingerprint density at radius 2 is 1.95 bits per heavy atom. The molecule has 0 unspecified atom stereocenters. The minimum absolute atomic E-state index is 0.139. The van der Waals surface area contributed by atoms with Gasteiger partial charge in [-0.05, 0) is 31.5 Å². The van der Waals surface area contributed by atoms with Crippen molar-refractivity contribution in [3.8, 4) is 0 Å². The molecule has 1 aromatic carbocycles. The van der Waals surface area contributed by atoms with E-state index in [2.05, 4.69) is 22.5 Å². The second kappa shape index (κ2) is 8.73. The highest BCUT2D eigenvalue weighted by Crippen LogP contribution is 2.24. The normalized spacial score (nSPS) is 10.8. The Hall–Kier alpha value is -1.62. The Kier molecular flexibility index (Phi) is 6.65. The van der Waals surface area contributed by atoms with Crippen molar-refractivity contribution >= 4 is 33.3 Å². The van der Waals surface area contributed by atoms with Crippen LogP contribution < -0.4 is 10.6 Å². The number of nitrogens with zero attached hydrogens (tertiary/aromatic N) is 1. The van der Waals surface area contributed by atoms with Gasteiger partial charge in [-0.25, -0.2) is 9.78 Å². The molecule has 1 heterocycles. The van der Waals surface area contributed by atoms with E-state index in [0.717, 1.165) is 33.9 Å². The van der Waals surface area contributed by atoms with E-state index in [1.54, 1.807) is 11.3 Å². The summed E-state index contributed by atoms with van der Waals surface area (Å²) in [4.78, 5) is 16.3. The van der Waals surface area contributed by atoms with Crippen molar-refractivity contribution in [3.63, 3.8) is 0 Å². The predicted octanol–water partition coefficient (Wildman–Crippen LogP) is 5.09. The smallest absolute Gasteiger partial charge is 0.319 e. The Morgan fingerprint density at radius 1 is 1.18 bits per heavy atom. The lowest BCUT2D eigenvalue weighted by molar-refractivity contribution is 0.252. The highest BCUT2D eigenvalue weighted by atomic mass is 32.1. The number of urea groups is 1. The second-order valence-electron chi connectivity index (χ2n) is 5.56. The molecule has 2 N–H and O–H groups in total. The van der Waals surface area contributed by atoms with Gasteiger partial charge >= 0.3 is 6.03 Å². The number of unbranched alkanes of at least 4 members (excludes halogenated alkanes) is 5. The van der Waals surface area contributed by atoms with Gasteiger partial charge < -0.3 is 10.6 Å². The largest absolute Gasteiger partial charge is 0.338 e. The van der Waals surface area contributed by atoms with Crippen LogP contribution in [0, 0.1) is 6.92 Å². The lowest BCUT2D eigenvalue weighted by Crippen LogP contribution is -2.29. The Balaban J connectivity index is 1.69. The fourth-order valence-electron chi connectivity index (χ4n) is 2.40. The zero-order valence-electron chi connectivity index (χ0n) is 13.4. The van der Waals surface area contributed by atoms with Crippen molar-refractivity contribution < 1.29 is 4.79 Å². The Morgan fingerprint density at radius 3 is 2.77 bits per heavy atom. The molecule has 4 nitrogen and oxygen atoms in total. The number of aryl methyl sites for hydroxylation is 1. The van der Waals surface area contributed by atoms with Crippen LogP contribution in [-0.2, 0) is 0 Å². The van der Waals surface area contributed by atoms with Crippen LogP contribution >= 0.6 is 11.3 Å². The first-order chi connectivity index (χ1) is 10.7. The maximum atomic E-state index is 11.8. The number of carbonyl (C=O) groups is 1. The molecule has 5 heteroatoms. The summed E-state index contributed by atoms with van der Waals surface area (Å²) in [6.45, 7) is 4.94. The summed E-state index contributed by atoms with van der Waals surface area (Å²) in [7, 11) is 0. The maximum absolute atomic E-state index is 11.8. The molecule has 1 aromatic heterocycles. The summed E-state index contributed by atoms with van der Waals surface area (Å²) in [5.74, 6) is 0. The van der Waals surface area contributed by atoms with E-state index < -0.39 is 0 Å². The molecule has 0 spiro atoms. The van der Waals surface area contributed by atoms with Gasteiger partial charge in [0.25, 0.3) is 0 Å². The van der Waals surface area contributed by atoms with E-state index in [0.29, 0.717) is 0 Å². The van der Waals surface area contributed by atoms with Gasteiger partial charge in [-0.1, -0.05) is 39.0 Å². The van der Waals surface area contributed by atoms with Crippen molar-refractivity contribution in [3.05, 3.63) is 23.2 Å². The third-order valence-corrected chi connectivity index (χ3v) is 4.52. The number of rotatable bonds is 8. The molecular formula is C17H25N3OS. The molecule has 120 valence electrons. The molecule has 0 aliphatic heterocycles. The van der Waals surface area contributed by atoms with Crippen LogP contribution in [0.3, 0.4) is 0 Å². The summed E-state index contributed by atoms with van der Waals surface area (Å²) in [5.41, 5.74) is 1.73. The summed E-state index contributed by atoms with van der Waals surface area (Å²) in [5, 5.41) is 6.82. The average Bonchev–Trinajstić information content (AvgIpc) is 2.85. The van der Waals surface area contributed by atoms with Gasteiger partial charge in [0.05, 0.1) is 15.2 Å². The quantitative estimate of drug-likeness (QED) is 0.666. The first-order valence-corrected chi connectivity index (χ1v) is 8.92. The van der Waals surface area contributed by atoms with Gasteiger partial charge in [-0.3, -0.25) is 0 Å². The number of benzene rings is 1. The number of aromatic nitrogens is 1. The van der Waals surface area contributed by atoms with Gasteiger partial charge in [0.2, 0.25) is 0 Å². The number of fused-ring (bicyclic) bond motifs is 1. The maximum Gasteiger partial charge on any atom is 0.319 e. The van der Waals surface area contributed by atoms with Crippen LogP contribution in [0.25, 0.3) is 10.2 Å². The molecule has 0 aliphatic rings. The summed E-state index contributed by atoms with van der Waals surface area (Å²) in [6, 6.07) is 5.71. The van der Waals surface area contributed by atoms with Crippen LogP contribution in [0.15, 0.2) is 18.2 Å². The first-order valence-electron chi connectivity index (χ1n) is 8.11. The van der Waals surface area contributed by atoms with Crippen LogP contribution in [0.2, 0.25) is 0 Å². The van der Waals surface area contributed by atoms with Gasteiger partial charge in [0.1, 0.15) is 0 Å². The Bertz CT molecular complexity index is 609. The third kappa shape index (κ3) is 5.30. The molecule has 0 saturated carbocycles. The monoisotopic (exact) mass is 319 g/mol. The number of hydrogen-bond acceptors (Lipinski definition) is 3. The standard InChI is InChI=1S/C17H25N3OS/c1-3-4-5-6-7-8-11-18-17(21)20-14-9-10-16-15(12-14)19-13(2)22-16/h9-10,12H,3-8,11H2,1-2H3,(H2,18,20,21). The molecule has 2 aromatic rings. The molecule has 0 saturated heterocycles. The lowest BCUT2D eigenvalue weighted by atomic mass is 10.1. The minimum Gasteiger partial charge on any atom is -0.338 e. The highest BCUT2D eigenvalue weighted by molar-refractivity contribution is 7.18. The minimum atomic E-state index is -0.139. The van der Waals surface area contributed by atoms with E-state index in [1.807, 2.05) is 25.1 Å². The summed E-state index contributed by atoms with van der Waals surface area (Å²) < 4.78 is 1.15. The van der Waals surface area contributed by atoms with Crippen LogP contribution in [-0.4, -0.2) is 17.6 Å². The summed E-state index contributed by atoms with van der Waals surface area (Å²) in [6.07, 6.45) is 7.37. The number of hydrogen-bond donors (Lipinski definition) is 2. The second-order valence-corrected chi connectivity index (χ2v) is 6.80. The van der Waals surface area contributed by atoms with Crippen molar-refractivity contribution in [2.24, 2.45) is 0 Å². The molecule has 0 radical (unpaired) electrons. The van der Waals surface area contributed by atoms with Crippen LogP contribution in [0.4, 0.5) is 10.5 Å². The fraction of sp³-hybridized carbons (Fsp3) is 0.529. The third-order valence-electron chi connectivity index (χ3n) is 3.57. The molecule has 0 bridgehead atoms. The van der Waals surface area contributed by atoms with Crippen molar-refractivity contribution in [2.45, 2.75) is 52.4 Å². The van der Waals surface area contributed by atoms with Gasteiger partial charge in [-0.15, -0.1) is 11.3 Å². The van der Waals surface area contributed by atoms with Crippen LogP contribution in [0.1, 0.15) is 50.5 Å². The molecule has 22 heavy (non-hydrogen) atoms. The topological polar surface area (TPSA) is 54.0 Å². The van der Waals surface area contributed by atoms with Crippen LogP contribution in [0.5, 0.6) is 0 Å². The lowest BCUT2D eigenvalue weighted by Gasteiger charge is -2.07. The average molecular weight is 319 g/mol. The number of amides is 2. The molecule has 0 aliphatic carbocycles. The first kappa shape index (κ1) is 16.7. The Labute approximate surface area is 136 Å². The van der Waals surface area contributed by atoms with Crippen molar-refractivity contribution in [2.75, 3.05) is 11.9 Å². The van der Waals surface area contributed by atoms with E-state index in [1.165, 1.54) is 32.1 Å². The highest BCUT2D eigenvalue weighted by Gasteiger charge is 2.04. The van der Waals surface area contributed by atoms with Gasteiger partial charge in [-0.2, -0.15) is 0 Å². The number of carbonyl (C=O) groups excluding carboxylic acids is 1. The molecule has 0 fully saturated rings. The molecule has 2 amide bonds. The van der Waals surface area contributed by atoms with E-state index in [-0.39, 0.29) is 6.03 Å². The van der Waals surface area contributed by atoms with E-state index in [4.69, 9.17) is 0 Å².